The fraction of sp³-hybridized carbons (Fsp3) is 0.500. The summed E-state index contributed by atoms with van der Waals surface area (Å²) in [6.07, 6.45) is 0. The molecule has 0 bridgehead atoms. The van der Waals surface area contributed by atoms with Crippen LogP contribution < -0.4 is 17.4 Å². The molecule has 6 heteroatoms. The molecule has 0 heterocycles. The molecule has 0 aromatic heterocycles. The van der Waals surface area contributed by atoms with Crippen molar-refractivity contribution in [1.82, 2.24) is 5.01 Å². The third-order valence-corrected chi connectivity index (χ3v) is 0.494. The molecule has 0 aliphatic heterocycles. The van der Waals surface area contributed by atoms with Crippen molar-refractivity contribution >= 4 is 29.9 Å². The number of hydrazine groups is 1. The van der Waals surface area contributed by atoms with Crippen LogP contribution in [0, 0.1) is 0 Å². The standard InChI is InChI=1S/C2H9N5.HI/c1-7(5)2(3)6-4;/h4-5H2,1H3,(H2,3,6);1H. The van der Waals surface area contributed by atoms with Crippen LogP contribution in [-0.2, 0) is 0 Å². The maximum absolute atomic E-state index is 5.04. The molecule has 0 saturated heterocycles. The lowest BCUT2D eigenvalue weighted by Crippen LogP contribution is -2.39. The number of halogens is 1. The first kappa shape index (κ1) is 10.7. The van der Waals surface area contributed by atoms with Crippen LogP contribution in [-0.4, -0.2) is 18.0 Å². The zero-order valence-electron chi connectivity index (χ0n) is 4.53. The first-order chi connectivity index (χ1) is 3.18. The van der Waals surface area contributed by atoms with Gasteiger partial charge in [0.1, 0.15) is 0 Å². The molecule has 0 unspecified atom stereocenters. The van der Waals surface area contributed by atoms with Crippen molar-refractivity contribution in [3.8, 4) is 0 Å². The van der Waals surface area contributed by atoms with E-state index in [4.69, 9.17) is 17.4 Å². The molecule has 6 N–H and O–H groups in total. The summed E-state index contributed by atoms with van der Waals surface area (Å²) in [5.41, 5.74) is 5.04. The van der Waals surface area contributed by atoms with Crippen molar-refractivity contribution in [3.05, 3.63) is 0 Å². The summed E-state index contributed by atoms with van der Waals surface area (Å²) in [4.78, 5) is 0. The van der Waals surface area contributed by atoms with Gasteiger partial charge in [0.25, 0.3) is 0 Å². The van der Waals surface area contributed by atoms with Crippen molar-refractivity contribution in [2.24, 2.45) is 22.5 Å². The Kier molecular flexibility index (Phi) is 6.56. The summed E-state index contributed by atoms with van der Waals surface area (Å²) in [5, 5.41) is 4.21. The van der Waals surface area contributed by atoms with Crippen LogP contribution in [0.15, 0.2) is 5.10 Å². The molecule has 0 amide bonds. The van der Waals surface area contributed by atoms with Gasteiger partial charge in [0.15, 0.2) is 0 Å². The monoisotopic (exact) mass is 231 g/mol. The first-order valence-corrected chi connectivity index (χ1v) is 1.70. The van der Waals surface area contributed by atoms with Crippen molar-refractivity contribution in [3.63, 3.8) is 0 Å². The number of nitrogens with two attached hydrogens (primary N) is 3. The molecule has 5 nitrogen and oxygen atoms in total. The Labute approximate surface area is 64.9 Å². The topological polar surface area (TPSA) is 93.7 Å². The molecule has 50 valence electrons. The van der Waals surface area contributed by atoms with E-state index in [9.17, 15) is 0 Å². The number of hydrogen-bond acceptors (Lipinski definition) is 3. The van der Waals surface area contributed by atoms with E-state index in [0.29, 0.717) is 0 Å². The molecule has 0 radical (unpaired) electrons. The number of hydrazone groups is 1. The third kappa shape index (κ3) is 3.93. The van der Waals surface area contributed by atoms with Gasteiger partial charge in [0.05, 0.1) is 0 Å². The lowest BCUT2D eigenvalue weighted by atomic mass is 10.9. The fourth-order valence-corrected chi connectivity index (χ4v) is 0.0911. The summed E-state index contributed by atoms with van der Waals surface area (Å²) < 4.78 is 0. The average molecular weight is 231 g/mol. The Morgan fingerprint density at radius 1 is 1.62 bits per heavy atom. The highest BCUT2D eigenvalue weighted by Crippen LogP contribution is 1.60. The molecule has 0 atom stereocenters. The second-order valence-corrected chi connectivity index (χ2v) is 1.10. The van der Waals surface area contributed by atoms with Crippen LogP contribution in [0.25, 0.3) is 0 Å². The Bertz CT molecular complexity index is 78.5. The van der Waals surface area contributed by atoms with Crippen LogP contribution in [0.1, 0.15) is 0 Å². The van der Waals surface area contributed by atoms with Gasteiger partial charge in [-0.15, -0.1) is 29.1 Å². The third-order valence-electron chi connectivity index (χ3n) is 0.494. The highest BCUT2D eigenvalue weighted by Gasteiger charge is 1.87. The number of nitrogens with zero attached hydrogens (tertiary/aromatic N) is 2. The molecule has 0 aromatic carbocycles. The van der Waals surface area contributed by atoms with Gasteiger partial charge in [0.2, 0.25) is 5.96 Å². The summed E-state index contributed by atoms with van der Waals surface area (Å²) in [6.45, 7) is 0. The number of guanidine groups is 1. The van der Waals surface area contributed by atoms with Gasteiger partial charge in [-0.05, 0) is 0 Å². The van der Waals surface area contributed by atoms with Crippen LogP contribution in [0.3, 0.4) is 0 Å². The van der Waals surface area contributed by atoms with Crippen LogP contribution in [0.2, 0.25) is 0 Å². The maximum atomic E-state index is 5.04. The van der Waals surface area contributed by atoms with Crippen molar-refractivity contribution in [2.45, 2.75) is 0 Å². The molecule has 0 aromatic rings. The minimum Gasteiger partial charge on any atom is -0.367 e. The SMILES string of the molecule is CN(N)/C(N)=N/N.I. The second-order valence-electron chi connectivity index (χ2n) is 1.10. The molecular weight excluding hydrogens is 221 g/mol. The first-order valence-electron chi connectivity index (χ1n) is 1.70. The van der Waals surface area contributed by atoms with Gasteiger partial charge in [-0.25, -0.2) is 5.84 Å². The minimum absolute atomic E-state index is 0. The summed E-state index contributed by atoms with van der Waals surface area (Å²) in [6, 6.07) is 0. The predicted molar refractivity (Wildman–Crippen MR) is 43.2 cm³/mol. The number of hydrogen-bond donors (Lipinski definition) is 3. The molecule has 0 saturated carbocycles. The van der Waals surface area contributed by atoms with Crippen LogP contribution in [0.4, 0.5) is 0 Å². The smallest absolute Gasteiger partial charge is 0.227 e. The van der Waals surface area contributed by atoms with Crippen LogP contribution in [0.5, 0.6) is 0 Å². The lowest BCUT2D eigenvalue weighted by molar-refractivity contribution is 0.529. The molecule has 0 rings (SSSR count). The van der Waals surface area contributed by atoms with Gasteiger partial charge in [0, 0.05) is 7.05 Å². The predicted octanol–water partition coefficient (Wildman–Crippen LogP) is -1.40. The van der Waals surface area contributed by atoms with E-state index in [-0.39, 0.29) is 29.9 Å². The van der Waals surface area contributed by atoms with Gasteiger partial charge < -0.3 is 11.6 Å². The molecule has 0 aliphatic rings. The van der Waals surface area contributed by atoms with E-state index in [1.165, 1.54) is 0 Å². The van der Waals surface area contributed by atoms with E-state index >= 15 is 0 Å². The average Bonchev–Trinajstić information content (AvgIpc) is 1.65. The molecular formula is C2H10IN5. The highest BCUT2D eigenvalue weighted by molar-refractivity contribution is 14.0. The highest BCUT2D eigenvalue weighted by atomic mass is 127. The second kappa shape index (κ2) is 4.91. The zero-order chi connectivity index (χ0) is 5.86. The van der Waals surface area contributed by atoms with Gasteiger partial charge >= 0.3 is 0 Å². The summed E-state index contributed by atoms with van der Waals surface area (Å²) >= 11 is 0. The van der Waals surface area contributed by atoms with Crippen molar-refractivity contribution in [1.29, 1.82) is 0 Å². The summed E-state index contributed by atoms with van der Waals surface area (Å²) in [5.74, 6) is 9.87. The summed E-state index contributed by atoms with van der Waals surface area (Å²) in [7, 11) is 1.55. The normalized spacial score (nSPS) is 10.0. The van der Waals surface area contributed by atoms with Gasteiger partial charge in [-0.3, -0.25) is 5.01 Å². The molecule has 0 aliphatic carbocycles. The molecule has 8 heavy (non-hydrogen) atoms. The van der Waals surface area contributed by atoms with Crippen molar-refractivity contribution < 1.29 is 0 Å². The van der Waals surface area contributed by atoms with Crippen molar-refractivity contribution in [2.75, 3.05) is 7.05 Å². The lowest BCUT2D eigenvalue weighted by Gasteiger charge is -2.06. The largest absolute Gasteiger partial charge is 0.367 e. The van der Waals surface area contributed by atoms with Crippen LogP contribution >= 0.6 is 24.0 Å². The minimum atomic E-state index is 0. The molecule has 0 fully saturated rings. The van der Waals surface area contributed by atoms with E-state index < -0.39 is 0 Å². The quantitative estimate of drug-likeness (QED) is 0.157. The van der Waals surface area contributed by atoms with E-state index in [1.54, 1.807) is 7.05 Å². The Balaban J connectivity index is 0. The molecule has 0 spiro atoms. The van der Waals surface area contributed by atoms with Gasteiger partial charge in [-0.2, -0.15) is 0 Å². The maximum Gasteiger partial charge on any atom is 0.227 e. The number of rotatable bonds is 0. The Morgan fingerprint density at radius 3 is 2.00 bits per heavy atom. The van der Waals surface area contributed by atoms with Gasteiger partial charge in [-0.1, -0.05) is 0 Å². The van der Waals surface area contributed by atoms with E-state index in [0.717, 1.165) is 5.01 Å². The van der Waals surface area contributed by atoms with E-state index in [1.807, 2.05) is 0 Å². The Hall–Kier alpha value is -0.240. The van der Waals surface area contributed by atoms with E-state index in [2.05, 4.69) is 5.10 Å². The Morgan fingerprint density at radius 2 is 2.00 bits per heavy atom. The fourth-order valence-electron chi connectivity index (χ4n) is 0.0911. The zero-order valence-corrected chi connectivity index (χ0v) is 6.87.